The summed E-state index contributed by atoms with van der Waals surface area (Å²) in [5.74, 6) is 0.111. The summed E-state index contributed by atoms with van der Waals surface area (Å²) in [6.07, 6.45) is 1.29. The second kappa shape index (κ2) is 5.80. The number of ketones is 1. The highest BCUT2D eigenvalue weighted by Crippen LogP contribution is 2.16. The summed E-state index contributed by atoms with van der Waals surface area (Å²) in [5.41, 5.74) is 3.63. The molecule has 1 aromatic carbocycles. The molecule has 0 spiro atoms. The Morgan fingerprint density at radius 2 is 1.81 bits per heavy atom. The minimum atomic E-state index is -0.0498. The van der Waals surface area contributed by atoms with Crippen LogP contribution in [-0.4, -0.2) is 17.5 Å². The lowest BCUT2D eigenvalue weighted by atomic mass is 9.92. The van der Waals surface area contributed by atoms with Crippen LogP contribution >= 0.6 is 0 Å². The zero-order valence-electron chi connectivity index (χ0n) is 10.3. The zero-order chi connectivity index (χ0) is 12.1. The van der Waals surface area contributed by atoms with Crippen LogP contribution in [0.4, 0.5) is 0 Å². The third-order valence-corrected chi connectivity index (χ3v) is 2.82. The predicted octanol–water partition coefficient (Wildman–Crippen LogP) is 2.43. The van der Waals surface area contributed by atoms with E-state index in [0.29, 0.717) is 6.42 Å². The molecule has 0 aliphatic rings. The molecule has 0 saturated carbocycles. The van der Waals surface area contributed by atoms with E-state index in [-0.39, 0.29) is 18.3 Å². The average Bonchev–Trinajstić information content (AvgIpc) is 2.15. The standard InChI is InChI=1S/C14H20O2/c1-10-6-11(2)8-13(7-10)9-14(4-5-15)12(3)16/h6-8,14-15H,4-5,9H2,1-3H3. The van der Waals surface area contributed by atoms with E-state index in [1.54, 1.807) is 6.92 Å². The molecule has 1 rings (SSSR count). The van der Waals surface area contributed by atoms with Crippen molar-refractivity contribution in [2.75, 3.05) is 6.61 Å². The molecule has 0 aliphatic carbocycles. The Hall–Kier alpha value is -1.15. The number of aliphatic hydroxyl groups is 1. The maximum absolute atomic E-state index is 11.4. The van der Waals surface area contributed by atoms with E-state index < -0.39 is 0 Å². The summed E-state index contributed by atoms with van der Waals surface area (Å²) in [4.78, 5) is 11.4. The highest BCUT2D eigenvalue weighted by atomic mass is 16.3. The van der Waals surface area contributed by atoms with Gasteiger partial charge < -0.3 is 5.11 Å². The number of hydrogen-bond donors (Lipinski definition) is 1. The first-order chi connectivity index (χ1) is 7.52. The number of benzene rings is 1. The number of carbonyl (C=O) groups is 1. The highest BCUT2D eigenvalue weighted by molar-refractivity contribution is 5.78. The van der Waals surface area contributed by atoms with Crippen LogP contribution in [0.25, 0.3) is 0 Å². The van der Waals surface area contributed by atoms with Gasteiger partial charge in [-0.2, -0.15) is 0 Å². The minimum Gasteiger partial charge on any atom is -0.396 e. The minimum absolute atomic E-state index is 0.0498. The number of Topliss-reactive ketones (excluding diaryl/α,β-unsaturated/α-hetero) is 1. The molecule has 1 N–H and O–H groups in total. The third-order valence-electron chi connectivity index (χ3n) is 2.82. The lowest BCUT2D eigenvalue weighted by Gasteiger charge is -2.13. The van der Waals surface area contributed by atoms with Gasteiger partial charge in [-0.15, -0.1) is 0 Å². The highest BCUT2D eigenvalue weighted by Gasteiger charge is 2.14. The summed E-state index contributed by atoms with van der Waals surface area (Å²) in [7, 11) is 0. The van der Waals surface area contributed by atoms with Gasteiger partial charge >= 0.3 is 0 Å². The second-order valence-electron chi connectivity index (χ2n) is 4.52. The van der Waals surface area contributed by atoms with Crippen molar-refractivity contribution in [2.45, 2.75) is 33.6 Å². The number of hydrogen-bond acceptors (Lipinski definition) is 2. The SMILES string of the molecule is CC(=O)C(CCO)Cc1cc(C)cc(C)c1. The lowest BCUT2D eigenvalue weighted by molar-refractivity contribution is -0.121. The van der Waals surface area contributed by atoms with Gasteiger partial charge in [0.25, 0.3) is 0 Å². The predicted molar refractivity (Wildman–Crippen MR) is 65.5 cm³/mol. The van der Waals surface area contributed by atoms with Crippen molar-refractivity contribution in [1.82, 2.24) is 0 Å². The molecule has 1 atom stereocenters. The lowest BCUT2D eigenvalue weighted by Crippen LogP contribution is -2.15. The van der Waals surface area contributed by atoms with Crippen LogP contribution in [0.15, 0.2) is 18.2 Å². The fraction of sp³-hybridized carbons (Fsp3) is 0.500. The Balaban J connectivity index is 2.80. The Bertz CT molecular complexity index is 349. The van der Waals surface area contributed by atoms with Crippen LogP contribution in [0.3, 0.4) is 0 Å². The molecule has 0 saturated heterocycles. The number of aryl methyl sites for hydroxylation is 2. The zero-order valence-corrected chi connectivity index (χ0v) is 10.3. The average molecular weight is 220 g/mol. The topological polar surface area (TPSA) is 37.3 Å². The van der Waals surface area contributed by atoms with Gasteiger partial charge in [0, 0.05) is 12.5 Å². The summed E-state index contributed by atoms with van der Waals surface area (Å²) >= 11 is 0. The van der Waals surface area contributed by atoms with Gasteiger partial charge in [0.15, 0.2) is 0 Å². The van der Waals surface area contributed by atoms with E-state index in [0.717, 1.165) is 6.42 Å². The van der Waals surface area contributed by atoms with Crippen LogP contribution in [0.5, 0.6) is 0 Å². The van der Waals surface area contributed by atoms with Crippen LogP contribution in [0.1, 0.15) is 30.0 Å². The van der Waals surface area contributed by atoms with Crippen LogP contribution in [-0.2, 0) is 11.2 Å². The van der Waals surface area contributed by atoms with Crippen LogP contribution in [0, 0.1) is 19.8 Å². The molecule has 2 nitrogen and oxygen atoms in total. The molecular formula is C14H20O2. The van der Waals surface area contributed by atoms with E-state index >= 15 is 0 Å². The Kier molecular flexibility index (Phi) is 4.69. The Morgan fingerprint density at radius 1 is 1.25 bits per heavy atom. The third kappa shape index (κ3) is 3.78. The maximum Gasteiger partial charge on any atom is 0.133 e. The van der Waals surface area contributed by atoms with E-state index in [1.165, 1.54) is 16.7 Å². The largest absolute Gasteiger partial charge is 0.396 e. The Morgan fingerprint density at radius 3 is 2.25 bits per heavy atom. The van der Waals surface area contributed by atoms with Gasteiger partial charge in [0.2, 0.25) is 0 Å². The molecule has 0 amide bonds. The van der Waals surface area contributed by atoms with Crippen molar-refractivity contribution in [3.05, 3.63) is 34.9 Å². The van der Waals surface area contributed by atoms with Crippen molar-refractivity contribution >= 4 is 5.78 Å². The molecule has 0 bridgehead atoms. The molecule has 0 fully saturated rings. The fourth-order valence-corrected chi connectivity index (χ4v) is 2.08. The van der Waals surface area contributed by atoms with Gasteiger partial charge in [0.1, 0.15) is 5.78 Å². The molecular weight excluding hydrogens is 200 g/mol. The summed E-state index contributed by atoms with van der Waals surface area (Å²) < 4.78 is 0. The molecule has 1 aromatic rings. The quantitative estimate of drug-likeness (QED) is 0.827. The van der Waals surface area contributed by atoms with Crippen LogP contribution < -0.4 is 0 Å². The van der Waals surface area contributed by atoms with E-state index in [9.17, 15) is 4.79 Å². The molecule has 0 aromatic heterocycles. The monoisotopic (exact) mass is 220 g/mol. The summed E-state index contributed by atoms with van der Waals surface area (Å²) in [5, 5.41) is 8.92. The van der Waals surface area contributed by atoms with Gasteiger partial charge in [-0.1, -0.05) is 29.3 Å². The van der Waals surface area contributed by atoms with E-state index in [2.05, 4.69) is 32.0 Å². The molecule has 2 heteroatoms. The first kappa shape index (κ1) is 12.9. The van der Waals surface area contributed by atoms with Crippen molar-refractivity contribution in [1.29, 1.82) is 0 Å². The number of rotatable bonds is 5. The number of aliphatic hydroxyl groups excluding tert-OH is 1. The van der Waals surface area contributed by atoms with Crippen molar-refractivity contribution in [2.24, 2.45) is 5.92 Å². The van der Waals surface area contributed by atoms with E-state index in [1.807, 2.05) is 0 Å². The van der Waals surface area contributed by atoms with Gasteiger partial charge in [0.05, 0.1) is 0 Å². The normalized spacial score (nSPS) is 12.5. The smallest absolute Gasteiger partial charge is 0.133 e. The van der Waals surface area contributed by atoms with Gasteiger partial charge in [-0.3, -0.25) is 4.79 Å². The number of carbonyl (C=O) groups excluding carboxylic acids is 1. The maximum atomic E-state index is 11.4. The van der Waals surface area contributed by atoms with Gasteiger partial charge in [-0.25, -0.2) is 0 Å². The Labute approximate surface area is 97.3 Å². The molecule has 88 valence electrons. The van der Waals surface area contributed by atoms with Crippen molar-refractivity contribution in [3.8, 4) is 0 Å². The molecule has 1 unspecified atom stereocenters. The van der Waals surface area contributed by atoms with Crippen molar-refractivity contribution in [3.63, 3.8) is 0 Å². The first-order valence-corrected chi connectivity index (χ1v) is 5.71. The van der Waals surface area contributed by atoms with Crippen LogP contribution in [0.2, 0.25) is 0 Å². The van der Waals surface area contributed by atoms with E-state index in [4.69, 9.17) is 5.11 Å². The molecule has 0 heterocycles. The molecule has 0 radical (unpaired) electrons. The molecule has 16 heavy (non-hydrogen) atoms. The second-order valence-corrected chi connectivity index (χ2v) is 4.52. The first-order valence-electron chi connectivity index (χ1n) is 5.71. The molecule has 0 aliphatic heterocycles. The summed E-state index contributed by atoms with van der Waals surface area (Å²) in [6.45, 7) is 5.80. The van der Waals surface area contributed by atoms with Gasteiger partial charge in [-0.05, 0) is 39.2 Å². The fourth-order valence-electron chi connectivity index (χ4n) is 2.08. The summed E-state index contributed by atoms with van der Waals surface area (Å²) in [6, 6.07) is 6.35. The van der Waals surface area contributed by atoms with Crippen molar-refractivity contribution < 1.29 is 9.90 Å².